The molecular weight excluding hydrogens is 198 g/mol. The van der Waals surface area contributed by atoms with Gasteiger partial charge in [0.2, 0.25) is 0 Å². The molecule has 0 heterocycles. The fourth-order valence-electron chi connectivity index (χ4n) is 2.22. The molecule has 1 nitrogen and oxygen atoms in total. The summed E-state index contributed by atoms with van der Waals surface area (Å²) in [7, 11) is 0. The fraction of sp³-hybridized carbons (Fsp3) is 0.417. The molecule has 3 heteroatoms. The number of carbonyl (C=O) groups excluding carboxylic acids is 1. The molecule has 0 amide bonds. The number of hydrogen-bond acceptors (Lipinski definition) is 1. The fourth-order valence-corrected chi connectivity index (χ4v) is 2.22. The number of carbonyl (C=O) groups is 1. The van der Waals surface area contributed by atoms with Crippen molar-refractivity contribution in [3.05, 3.63) is 35.4 Å². The standard InChI is InChI=1S/C12H12F2O/c1-2-7-9(6-11(7)15)8-4-3-5-10(13)12(8)14/h3-5,7,9H,2,6H2,1H3. The third kappa shape index (κ3) is 1.56. The van der Waals surface area contributed by atoms with Gasteiger partial charge in [0.15, 0.2) is 11.6 Å². The molecule has 0 aliphatic heterocycles. The average Bonchev–Trinajstić information content (AvgIpc) is 2.20. The van der Waals surface area contributed by atoms with E-state index in [0.29, 0.717) is 18.4 Å². The Morgan fingerprint density at radius 1 is 1.40 bits per heavy atom. The lowest BCUT2D eigenvalue weighted by molar-refractivity contribution is -0.131. The van der Waals surface area contributed by atoms with Crippen LogP contribution in [0.5, 0.6) is 0 Å². The van der Waals surface area contributed by atoms with Crippen LogP contribution in [0.3, 0.4) is 0 Å². The smallest absolute Gasteiger partial charge is 0.162 e. The minimum atomic E-state index is -0.832. The number of ketones is 1. The van der Waals surface area contributed by atoms with Crippen LogP contribution in [0.4, 0.5) is 8.78 Å². The first kappa shape index (κ1) is 10.3. The van der Waals surface area contributed by atoms with Gasteiger partial charge in [0.1, 0.15) is 5.78 Å². The second-order valence-electron chi connectivity index (χ2n) is 3.93. The SMILES string of the molecule is CCC1C(=O)CC1c1cccc(F)c1F. The van der Waals surface area contributed by atoms with Gasteiger partial charge in [-0.2, -0.15) is 0 Å². The Kier molecular flexibility index (Phi) is 2.55. The number of Topliss-reactive ketones (excluding diaryl/α,β-unsaturated/α-hetero) is 1. The van der Waals surface area contributed by atoms with Gasteiger partial charge in [-0.3, -0.25) is 4.79 Å². The number of rotatable bonds is 2. The van der Waals surface area contributed by atoms with Gasteiger partial charge in [-0.1, -0.05) is 19.1 Å². The van der Waals surface area contributed by atoms with Gasteiger partial charge in [0.05, 0.1) is 0 Å². The van der Waals surface area contributed by atoms with Gasteiger partial charge in [0.25, 0.3) is 0 Å². The van der Waals surface area contributed by atoms with Crippen molar-refractivity contribution in [3.63, 3.8) is 0 Å². The minimum absolute atomic E-state index is 0.124. The van der Waals surface area contributed by atoms with Crippen molar-refractivity contribution in [2.45, 2.75) is 25.7 Å². The molecular formula is C12H12F2O. The first-order valence-corrected chi connectivity index (χ1v) is 5.11. The van der Waals surface area contributed by atoms with Crippen LogP contribution in [-0.4, -0.2) is 5.78 Å². The molecule has 0 N–H and O–H groups in total. The predicted octanol–water partition coefficient (Wildman–Crippen LogP) is 3.05. The summed E-state index contributed by atoms with van der Waals surface area (Å²) in [4.78, 5) is 11.2. The van der Waals surface area contributed by atoms with Crippen LogP contribution in [0.15, 0.2) is 18.2 Å². The molecule has 0 radical (unpaired) electrons. The quantitative estimate of drug-likeness (QED) is 0.733. The van der Waals surface area contributed by atoms with E-state index in [9.17, 15) is 13.6 Å². The van der Waals surface area contributed by atoms with Crippen molar-refractivity contribution in [1.29, 1.82) is 0 Å². The maximum atomic E-state index is 13.4. The maximum absolute atomic E-state index is 13.4. The Bertz CT molecular complexity index is 401. The molecule has 0 saturated heterocycles. The van der Waals surface area contributed by atoms with Crippen LogP contribution in [0.25, 0.3) is 0 Å². The molecule has 1 aromatic rings. The molecule has 1 fully saturated rings. The first-order valence-electron chi connectivity index (χ1n) is 5.11. The predicted molar refractivity (Wildman–Crippen MR) is 52.5 cm³/mol. The number of halogens is 2. The number of benzene rings is 1. The third-order valence-corrected chi connectivity index (χ3v) is 3.14. The van der Waals surface area contributed by atoms with Gasteiger partial charge in [-0.05, 0) is 18.1 Å². The zero-order chi connectivity index (χ0) is 11.0. The second kappa shape index (κ2) is 3.72. The highest BCUT2D eigenvalue weighted by molar-refractivity contribution is 5.89. The van der Waals surface area contributed by atoms with Crippen LogP contribution >= 0.6 is 0 Å². The van der Waals surface area contributed by atoms with Crippen LogP contribution in [0.2, 0.25) is 0 Å². The summed E-state index contributed by atoms with van der Waals surface area (Å²) >= 11 is 0. The molecule has 1 aliphatic carbocycles. The molecule has 0 aromatic heterocycles. The van der Waals surface area contributed by atoms with Crippen LogP contribution < -0.4 is 0 Å². The lowest BCUT2D eigenvalue weighted by Gasteiger charge is -2.34. The zero-order valence-electron chi connectivity index (χ0n) is 8.47. The molecule has 1 aliphatic rings. The summed E-state index contributed by atoms with van der Waals surface area (Å²) < 4.78 is 26.4. The Morgan fingerprint density at radius 2 is 2.13 bits per heavy atom. The number of hydrogen-bond donors (Lipinski definition) is 0. The van der Waals surface area contributed by atoms with E-state index < -0.39 is 11.6 Å². The van der Waals surface area contributed by atoms with Crippen molar-refractivity contribution in [2.75, 3.05) is 0 Å². The summed E-state index contributed by atoms with van der Waals surface area (Å²) in [5.74, 6) is -1.72. The normalized spacial score (nSPS) is 25.1. The summed E-state index contributed by atoms with van der Waals surface area (Å²) in [6, 6.07) is 4.15. The van der Waals surface area contributed by atoms with Crippen molar-refractivity contribution in [3.8, 4) is 0 Å². The van der Waals surface area contributed by atoms with E-state index in [1.54, 1.807) is 6.07 Å². The molecule has 15 heavy (non-hydrogen) atoms. The van der Waals surface area contributed by atoms with E-state index in [2.05, 4.69) is 0 Å². The van der Waals surface area contributed by atoms with E-state index >= 15 is 0 Å². The third-order valence-electron chi connectivity index (χ3n) is 3.14. The van der Waals surface area contributed by atoms with Crippen LogP contribution in [-0.2, 0) is 4.79 Å². The lowest BCUT2D eigenvalue weighted by atomic mass is 9.67. The minimum Gasteiger partial charge on any atom is -0.299 e. The summed E-state index contributed by atoms with van der Waals surface area (Å²) in [6.07, 6.45) is 1.04. The van der Waals surface area contributed by atoms with Gasteiger partial charge in [-0.15, -0.1) is 0 Å². The van der Waals surface area contributed by atoms with Gasteiger partial charge < -0.3 is 0 Å². The van der Waals surface area contributed by atoms with Crippen molar-refractivity contribution >= 4 is 5.78 Å². The average molecular weight is 210 g/mol. The van der Waals surface area contributed by atoms with Crippen molar-refractivity contribution in [2.24, 2.45) is 5.92 Å². The molecule has 0 spiro atoms. The Morgan fingerprint density at radius 3 is 2.73 bits per heavy atom. The van der Waals surface area contributed by atoms with Crippen LogP contribution in [0, 0.1) is 17.6 Å². The largest absolute Gasteiger partial charge is 0.299 e. The highest BCUT2D eigenvalue weighted by Gasteiger charge is 2.40. The van der Waals surface area contributed by atoms with Gasteiger partial charge in [-0.25, -0.2) is 8.78 Å². The summed E-state index contributed by atoms with van der Waals surface area (Å²) in [5, 5.41) is 0. The monoisotopic (exact) mass is 210 g/mol. The first-order chi connectivity index (χ1) is 7.15. The van der Waals surface area contributed by atoms with Gasteiger partial charge in [0, 0.05) is 18.3 Å². The highest BCUT2D eigenvalue weighted by atomic mass is 19.2. The Labute approximate surface area is 87.1 Å². The molecule has 2 unspecified atom stereocenters. The molecule has 80 valence electrons. The molecule has 2 atom stereocenters. The van der Waals surface area contributed by atoms with Crippen molar-refractivity contribution in [1.82, 2.24) is 0 Å². The molecule has 2 rings (SSSR count). The highest BCUT2D eigenvalue weighted by Crippen LogP contribution is 2.42. The molecule has 1 aromatic carbocycles. The molecule has 0 bridgehead atoms. The van der Waals surface area contributed by atoms with Gasteiger partial charge >= 0.3 is 0 Å². The molecule has 1 saturated carbocycles. The van der Waals surface area contributed by atoms with Crippen LogP contribution in [0.1, 0.15) is 31.2 Å². The summed E-state index contributed by atoms with van der Waals surface area (Å²) in [5.41, 5.74) is 0.349. The second-order valence-corrected chi connectivity index (χ2v) is 3.93. The van der Waals surface area contributed by atoms with E-state index in [1.807, 2.05) is 6.92 Å². The summed E-state index contributed by atoms with van der Waals surface area (Å²) in [6.45, 7) is 1.89. The lowest BCUT2D eigenvalue weighted by Crippen LogP contribution is -2.35. The zero-order valence-corrected chi connectivity index (χ0v) is 8.47. The van der Waals surface area contributed by atoms with E-state index in [4.69, 9.17) is 0 Å². The van der Waals surface area contributed by atoms with E-state index in [1.165, 1.54) is 6.07 Å². The Hall–Kier alpha value is -1.25. The maximum Gasteiger partial charge on any atom is 0.162 e. The van der Waals surface area contributed by atoms with Crippen molar-refractivity contribution < 1.29 is 13.6 Å². The van der Waals surface area contributed by atoms with E-state index in [0.717, 1.165) is 6.07 Å². The Balaban J connectivity index is 2.31. The van der Waals surface area contributed by atoms with E-state index in [-0.39, 0.29) is 17.6 Å². The topological polar surface area (TPSA) is 17.1 Å².